The first-order valence-electron chi connectivity index (χ1n) is 6.87. The molecule has 1 aliphatic rings. The first-order valence-corrected chi connectivity index (χ1v) is 6.87. The molecule has 2 unspecified atom stereocenters. The molecule has 2 N–H and O–H groups in total. The van der Waals surface area contributed by atoms with Crippen LogP contribution in [0.2, 0.25) is 0 Å². The number of hydrogen-bond acceptors (Lipinski definition) is 4. The fraction of sp³-hybridized carbons (Fsp3) is 0.600. The van der Waals surface area contributed by atoms with E-state index in [0.29, 0.717) is 6.54 Å². The van der Waals surface area contributed by atoms with Gasteiger partial charge in [0.25, 0.3) is 0 Å². The Morgan fingerprint density at radius 1 is 1.42 bits per heavy atom. The van der Waals surface area contributed by atoms with Crippen molar-refractivity contribution in [3.8, 4) is 0 Å². The number of nitrogens with zero attached hydrogens (tertiary/aromatic N) is 1. The summed E-state index contributed by atoms with van der Waals surface area (Å²) in [6.07, 6.45) is 0.213. The van der Waals surface area contributed by atoms with Gasteiger partial charge in [0, 0.05) is 26.2 Å². The quantitative estimate of drug-likeness (QED) is 0.826. The first kappa shape index (κ1) is 14.5. The number of benzene rings is 1. The van der Waals surface area contributed by atoms with Gasteiger partial charge in [-0.3, -0.25) is 0 Å². The average molecular weight is 264 g/mol. The van der Waals surface area contributed by atoms with Crippen LogP contribution < -0.4 is 5.32 Å². The number of nitrogens with one attached hydrogen (secondary N) is 1. The molecule has 1 saturated heterocycles. The molecule has 19 heavy (non-hydrogen) atoms. The number of aliphatic hydroxyl groups is 1. The molecule has 1 aliphatic heterocycles. The molecule has 1 fully saturated rings. The van der Waals surface area contributed by atoms with Crippen LogP contribution in [-0.4, -0.2) is 55.9 Å². The normalized spacial score (nSPS) is 23.3. The predicted molar refractivity (Wildman–Crippen MR) is 76.1 cm³/mol. The maximum Gasteiger partial charge on any atom is 0.0994 e. The van der Waals surface area contributed by atoms with Crippen molar-refractivity contribution in [2.75, 3.05) is 39.8 Å². The van der Waals surface area contributed by atoms with Crippen molar-refractivity contribution in [1.82, 2.24) is 10.2 Å². The first-order chi connectivity index (χ1) is 9.08. The summed E-state index contributed by atoms with van der Waals surface area (Å²) >= 11 is 0. The molecule has 0 amide bonds. The molecule has 1 heterocycles. The van der Waals surface area contributed by atoms with E-state index in [4.69, 9.17) is 4.74 Å². The lowest BCUT2D eigenvalue weighted by molar-refractivity contribution is -0.0183. The molecular formula is C15H24N2O2. The molecule has 0 saturated carbocycles. The minimum Gasteiger partial charge on any atom is -0.384 e. The molecule has 1 aromatic carbocycles. The van der Waals surface area contributed by atoms with E-state index in [-0.39, 0.29) is 6.10 Å². The van der Waals surface area contributed by atoms with Crippen LogP contribution in [0.5, 0.6) is 0 Å². The van der Waals surface area contributed by atoms with Crippen LogP contribution >= 0.6 is 0 Å². The number of ether oxygens (including phenoxy) is 1. The molecule has 0 radical (unpaired) electrons. The third-order valence-electron chi connectivity index (χ3n) is 3.49. The summed E-state index contributed by atoms with van der Waals surface area (Å²) < 4.78 is 5.68. The topological polar surface area (TPSA) is 44.7 Å². The highest BCUT2D eigenvalue weighted by molar-refractivity contribution is 5.21. The Bertz CT molecular complexity index is 375. The highest BCUT2D eigenvalue weighted by Crippen LogP contribution is 2.21. The van der Waals surface area contributed by atoms with Crippen LogP contribution in [0.15, 0.2) is 30.3 Å². The summed E-state index contributed by atoms with van der Waals surface area (Å²) in [7, 11) is 2.02. The smallest absolute Gasteiger partial charge is 0.0994 e. The third-order valence-corrected chi connectivity index (χ3v) is 3.49. The number of likely N-dealkylation sites (N-methyl/N-ethyl adjacent to an activating group) is 1. The van der Waals surface area contributed by atoms with Gasteiger partial charge in [0.05, 0.1) is 18.3 Å². The van der Waals surface area contributed by atoms with Gasteiger partial charge in [-0.25, -0.2) is 0 Å². The van der Waals surface area contributed by atoms with E-state index >= 15 is 0 Å². The Balaban J connectivity index is 1.88. The van der Waals surface area contributed by atoms with Crippen LogP contribution in [0.3, 0.4) is 0 Å². The van der Waals surface area contributed by atoms with E-state index in [2.05, 4.69) is 10.2 Å². The monoisotopic (exact) mass is 264 g/mol. The summed E-state index contributed by atoms with van der Waals surface area (Å²) in [4.78, 5) is 2.13. The molecule has 0 aromatic heterocycles. The fourth-order valence-electron chi connectivity index (χ4n) is 2.56. The van der Waals surface area contributed by atoms with Gasteiger partial charge in [-0.15, -0.1) is 0 Å². The van der Waals surface area contributed by atoms with Crippen LogP contribution in [0.1, 0.15) is 12.5 Å². The SMILES string of the molecule is CN(CC1CNCCO1)CC(C)(O)c1ccccc1. The maximum absolute atomic E-state index is 10.6. The number of morpholine rings is 1. The predicted octanol–water partition coefficient (Wildman–Crippen LogP) is 0.814. The molecular weight excluding hydrogens is 240 g/mol. The third kappa shape index (κ3) is 4.28. The summed E-state index contributed by atoms with van der Waals surface area (Å²) in [5, 5.41) is 13.9. The summed E-state index contributed by atoms with van der Waals surface area (Å²) in [6, 6.07) is 9.81. The molecule has 4 heteroatoms. The van der Waals surface area contributed by atoms with Crippen molar-refractivity contribution in [2.45, 2.75) is 18.6 Å². The Morgan fingerprint density at radius 2 is 2.16 bits per heavy atom. The lowest BCUT2D eigenvalue weighted by Crippen LogP contribution is -2.47. The molecule has 0 bridgehead atoms. The number of rotatable bonds is 5. The van der Waals surface area contributed by atoms with Crippen LogP contribution in [0, 0.1) is 0 Å². The highest BCUT2D eigenvalue weighted by Gasteiger charge is 2.26. The van der Waals surface area contributed by atoms with Gasteiger partial charge in [-0.05, 0) is 19.5 Å². The molecule has 0 spiro atoms. The highest BCUT2D eigenvalue weighted by atomic mass is 16.5. The second-order valence-electron chi connectivity index (χ2n) is 5.53. The Morgan fingerprint density at radius 3 is 2.79 bits per heavy atom. The summed E-state index contributed by atoms with van der Waals surface area (Å²) in [5.41, 5.74) is 0.113. The van der Waals surface area contributed by atoms with E-state index in [1.165, 1.54) is 0 Å². The minimum atomic E-state index is -0.835. The van der Waals surface area contributed by atoms with E-state index in [1.807, 2.05) is 44.3 Å². The second kappa shape index (κ2) is 6.48. The Hall–Kier alpha value is -0.940. The molecule has 4 nitrogen and oxygen atoms in total. The van der Waals surface area contributed by atoms with Gasteiger partial charge in [0.1, 0.15) is 0 Å². The van der Waals surface area contributed by atoms with Crippen molar-refractivity contribution >= 4 is 0 Å². The van der Waals surface area contributed by atoms with Crippen molar-refractivity contribution < 1.29 is 9.84 Å². The number of hydrogen-bond donors (Lipinski definition) is 2. The van der Waals surface area contributed by atoms with Crippen molar-refractivity contribution in [3.05, 3.63) is 35.9 Å². The lowest BCUT2D eigenvalue weighted by atomic mass is 9.95. The van der Waals surface area contributed by atoms with Crippen LogP contribution in [0.25, 0.3) is 0 Å². The van der Waals surface area contributed by atoms with Crippen molar-refractivity contribution in [1.29, 1.82) is 0 Å². The molecule has 2 rings (SSSR count). The average Bonchev–Trinajstić information content (AvgIpc) is 2.40. The summed E-state index contributed by atoms with van der Waals surface area (Å²) in [5.74, 6) is 0. The zero-order chi connectivity index (χ0) is 13.7. The van der Waals surface area contributed by atoms with Gasteiger partial charge in [0.2, 0.25) is 0 Å². The van der Waals surface area contributed by atoms with E-state index in [0.717, 1.165) is 31.8 Å². The maximum atomic E-state index is 10.6. The van der Waals surface area contributed by atoms with Crippen molar-refractivity contribution in [2.24, 2.45) is 0 Å². The summed E-state index contributed by atoms with van der Waals surface area (Å²) in [6.45, 7) is 5.87. The standard InChI is InChI=1S/C15H24N2O2/c1-15(18,13-6-4-3-5-7-13)12-17(2)11-14-10-16-8-9-19-14/h3-7,14,16,18H,8-12H2,1-2H3. The molecule has 1 aromatic rings. The van der Waals surface area contributed by atoms with Gasteiger partial charge in [-0.2, -0.15) is 0 Å². The largest absolute Gasteiger partial charge is 0.384 e. The van der Waals surface area contributed by atoms with Gasteiger partial charge in [0.15, 0.2) is 0 Å². The Labute approximate surface area is 115 Å². The minimum absolute atomic E-state index is 0.213. The van der Waals surface area contributed by atoms with Crippen LogP contribution in [0.4, 0.5) is 0 Å². The van der Waals surface area contributed by atoms with E-state index in [1.54, 1.807) is 0 Å². The van der Waals surface area contributed by atoms with Gasteiger partial charge >= 0.3 is 0 Å². The Kier molecular flexibility index (Phi) is 4.93. The molecule has 106 valence electrons. The molecule has 0 aliphatic carbocycles. The van der Waals surface area contributed by atoms with Crippen molar-refractivity contribution in [3.63, 3.8) is 0 Å². The van der Waals surface area contributed by atoms with Crippen LogP contribution in [-0.2, 0) is 10.3 Å². The van der Waals surface area contributed by atoms with Gasteiger partial charge in [-0.1, -0.05) is 30.3 Å². The molecule has 2 atom stereocenters. The zero-order valence-electron chi connectivity index (χ0n) is 11.8. The van der Waals surface area contributed by atoms with E-state index in [9.17, 15) is 5.11 Å². The van der Waals surface area contributed by atoms with E-state index < -0.39 is 5.60 Å². The lowest BCUT2D eigenvalue weighted by Gasteiger charge is -2.33. The zero-order valence-corrected chi connectivity index (χ0v) is 11.8. The fourth-order valence-corrected chi connectivity index (χ4v) is 2.56. The second-order valence-corrected chi connectivity index (χ2v) is 5.53. The van der Waals surface area contributed by atoms with Gasteiger partial charge < -0.3 is 20.1 Å².